The third-order valence-electron chi connectivity index (χ3n) is 4.99. The Morgan fingerprint density at radius 2 is 1.61 bits per heavy atom. The molecule has 0 aliphatic heterocycles. The Balaban J connectivity index is 1.64. The zero-order valence-corrected chi connectivity index (χ0v) is 16.0. The summed E-state index contributed by atoms with van der Waals surface area (Å²) in [5.74, 6) is -1.33. The number of benzene rings is 2. The summed E-state index contributed by atoms with van der Waals surface area (Å²) in [4.78, 5) is 35.4. The smallest absolute Gasteiger partial charge is 0.305 e. The third kappa shape index (κ3) is 4.39. The summed E-state index contributed by atoms with van der Waals surface area (Å²) < 4.78 is 0. The van der Waals surface area contributed by atoms with Gasteiger partial charge in [0.25, 0.3) is 5.91 Å². The second-order valence-electron chi connectivity index (χ2n) is 7.39. The molecule has 3 N–H and O–H groups in total. The van der Waals surface area contributed by atoms with Gasteiger partial charge < -0.3 is 15.7 Å². The van der Waals surface area contributed by atoms with E-state index >= 15 is 0 Å². The molecule has 28 heavy (non-hydrogen) atoms. The highest BCUT2D eigenvalue weighted by Gasteiger charge is 2.51. The van der Waals surface area contributed by atoms with Crippen molar-refractivity contribution in [2.45, 2.75) is 38.5 Å². The van der Waals surface area contributed by atoms with Crippen LogP contribution in [0.3, 0.4) is 0 Å². The van der Waals surface area contributed by atoms with Gasteiger partial charge in [0.05, 0.1) is 11.8 Å². The zero-order chi connectivity index (χ0) is 20.3. The van der Waals surface area contributed by atoms with Gasteiger partial charge >= 0.3 is 5.97 Å². The van der Waals surface area contributed by atoms with Crippen molar-refractivity contribution >= 4 is 23.5 Å². The lowest BCUT2D eigenvalue weighted by atomic mass is 9.92. The van der Waals surface area contributed by atoms with Gasteiger partial charge in [0.15, 0.2) is 0 Å². The Kier molecular flexibility index (Phi) is 5.49. The maximum Gasteiger partial charge on any atom is 0.305 e. The van der Waals surface area contributed by atoms with Gasteiger partial charge in [-0.05, 0) is 56.5 Å². The van der Waals surface area contributed by atoms with E-state index in [4.69, 9.17) is 5.11 Å². The predicted molar refractivity (Wildman–Crippen MR) is 106 cm³/mol. The van der Waals surface area contributed by atoms with E-state index in [2.05, 4.69) is 28.8 Å². The molecule has 6 nitrogen and oxygen atoms in total. The van der Waals surface area contributed by atoms with Crippen LogP contribution in [0.5, 0.6) is 0 Å². The molecule has 0 bridgehead atoms. The van der Waals surface area contributed by atoms with Crippen LogP contribution in [-0.4, -0.2) is 29.4 Å². The van der Waals surface area contributed by atoms with Crippen LogP contribution >= 0.6 is 0 Å². The molecule has 0 atom stereocenters. The molecule has 2 aromatic carbocycles. The van der Waals surface area contributed by atoms with E-state index in [1.54, 1.807) is 24.3 Å². The van der Waals surface area contributed by atoms with Gasteiger partial charge in [0, 0.05) is 17.8 Å². The molecule has 1 fully saturated rings. The molecule has 0 saturated heterocycles. The predicted octanol–water partition coefficient (Wildman–Crippen LogP) is 3.18. The molecule has 0 aromatic heterocycles. The molecular formula is C22H24N2O4. The molecule has 1 aliphatic rings. The van der Waals surface area contributed by atoms with Crippen LogP contribution in [0.25, 0.3) is 0 Å². The fraction of sp³-hybridized carbons (Fsp3) is 0.318. The van der Waals surface area contributed by atoms with Crippen LogP contribution in [-0.2, 0) is 15.0 Å². The van der Waals surface area contributed by atoms with Crippen molar-refractivity contribution in [2.75, 3.05) is 11.9 Å². The van der Waals surface area contributed by atoms with Crippen molar-refractivity contribution < 1.29 is 19.5 Å². The van der Waals surface area contributed by atoms with Gasteiger partial charge in [-0.3, -0.25) is 14.4 Å². The number of aliphatic carboxylic acids is 1. The average Bonchev–Trinajstić information content (AvgIpc) is 3.43. The van der Waals surface area contributed by atoms with Gasteiger partial charge in [0.1, 0.15) is 0 Å². The lowest BCUT2D eigenvalue weighted by molar-refractivity contribution is -0.136. The molecule has 3 rings (SSSR count). The summed E-state index contributed by atoms with van der Waals surface area (Å²) in [6.45, 7) is 4.14. The summed E-state index contributed by atoms with van der Waals surface area (Å²) in [5.41, 5.74) is 3.92. The Bertz CT molecular complexity index is 894. The number of carbonyl (C=O) groups is 3. The summed E-state index contributed by atoms with van der Waals surface area (Å²) in [5, 5.41) is 14.1. The van der Waals surface area contributed by atoms with Gasteiger partial charge in [-0.25, -0.2) is 0 Å². The topological polar surface area (TPSA) is 95.5 Å². The van der Waals surface area contributed by atoms with Crippen molar-refractivity contribution in [3.63, 3.8) is 0 Å². The van der Waals surface area contributed by atoms with Crippen molar-refractivity contribution in [3.05, 3.63) is 64.7 Å². The van der Waals surface area contributed by atoms with Crippen molar-refractivity contribution in [3.8, 4) is 0 Å². The van der Waals surface area contributed by atoms with Crippen LogP contribution < -0.4 is 10.6 Å². The van der Waals surface area contributed by atoms with Gasteiger partial charge in [-0.2, -0.15) is 0 Å². The molecule has 146 valence electrons. The fourth-order valence-corrected chi connectivity index (χ4v) is 3.36. The van der Waals surface area contributed by atoms with E-state index in [1.807, 2.05) is 13.8 Å². The Morgan fingerprint density at radius 3 is 2.14 bits per heavy atom. The standard InChI is InChI=1S/C22H24N2O4/c1-14-11-15(2)13-17(12-14)22(8-9-22)21(28)24-18-5-3-16(4-6-18)20(27)23-10-7-19(25)26/h3-6,11-13H,7-10H2,1-2H3,(H,23,27)(H,24,28)(H,25,26). The molecule has 0 radical (unpaired) electrons. The number of carboxylic acid groups (broad SMARTS) is 1. The number of hydrogen-bond acceptors (Lipinski definition) is 3. The minimum Gasteiger partial charge on any atom is -0.481 e. The van der Waals surface area contributed by atoms with Crippen molar-refractivity contribution in [1.82, 2.24) is 5.32 Å². The maximum absolute atomic E-state index is 12.9. The molecule has 0 heterocycles. The highest BCUT2D eigenvalue weighted by molar-refractivity contribution is 6.02. The number of carbonyl (C=O) groups excluding carboxylic acids is 2. The fourth-order valence-electron chi connectivity index (χ4n) is 3.36. The number of anilines is 1. The average molecular weight is 380 g/mol. The summed E-state index contributed by atoms with van der Waals surface area (Å²) in [6.07, 6.45) is 1.53. The Morgan fingerprint density at radius 1 is 1.00 bits per heavy atom. The zero-order valence-electron chi connectivity index (χ0n) is 16.0. The molecule has 2 amide bonds. The first kappa shape index (κ1) is 19.6. The lowest BCUT2D eigenvalue weighted by Gasteiger charge is -2.17. The number of amides is 2. The molecule has 1 aliphatic carbocycles. The maximum atomic E-state index is 12.9. The van der Waals surface area contributed by atoms with Gasteiger partial charge in [0.2, 0.25) is 5.91 Å². The quantitative estimate of drug-likeness (QED) is 0.687. The molecule has 0 spiro atoms. The monoisotopic (exact) mass is 380 g/mol. The largest absolute Gasteiger partial charge is 0.481 e. The summed E-state index contributed by atoms with van der Waals surface area (Å²) in [6, 6.07) is 12.8. The van der Waals surface area contributed by atoms with E-state index in [0.717, 1.165) is 29.5 Å². The van der Waals surface area contributed by atoms with Gasteiger partial charge in [-0.15, -0.1) is 0 Å². The summed E-state index contributed by atoms with van der Waals surface area (Å²) >= 11 is 0. The van der Waals surface area contributed by atoms with Crippen molar-refractivity contribution in [1.29, 1.82) is 0 Å². The first-order valence-electron chi connectivity index (χ1n) is 9.30. The minimum atomic E-state index is -0.962. The number of nitrogens with one attached hydrogen (secondary N) is 2. The molecule has 2 aromatic rings. The van der Waals surface area contributed by atoms with E-state index < -0.39 is 11.4 Å². The second-order valence-corrected chi connectivity index (χ2v) is 7.39. The minimum absolute atomic E-state index is 0.0313. The molecule has 0 unspecified atom stereocenters. The SMILES string of the molecule is Cc1cc(C)cc(C2(C(=O)Nc3ccc(C(=O)NCCC(=O)O)cc3)CC2)c1. The Hall–Kier alpha value is -3.15. The third-order valence-corrected chi connectivity index (χ3v) is 4.99. The first-order chi connectivity index (χ1) is 13.3. The van der Waals surface area contributed by atoms with E-state index in [1.165, 1.54) is 0 Å². The number of hydrogen-bond donors (Lipinski definition) is 3. The normalized spacial score (nSPS) is 14.2. The van der Waals surface area contributed by atoms with E-state index in [9.17, 15) is 14.4 Å². The summed E-state index contributed by atoms with van der Waals surface area (Å²) in [7, 11) is 0. The van der Waals surface area contributed by atoms with Crippen molar-refractivity contribution in [2.24, 2.45) is 0 Å². The van der Waals surface area contributed by atoms with E-state index in [-0.39, 0.29) is 24.8 Å². The van der Waals surface area contributed by atoms with E-state index in [0.29, 0.717) is 11.3 Å². The molecule has 1 saturated carbocycles. The number of aryl methyl sites for hydroxylation is 2. The Labute approximate surface area is 164 Å². The van der Waals surface area contributed by atoms with Crippen LogP contribution in [0.2, 0.25) is 0 Å². The number of rotatable bonds is 7. The molecule has 6 heteroatoms. The van der Waals surface area contributed by atoms with Crippen LogP contribution in [0.15, 0.2) is 42.5 Å². The first-order valence-corrected chi connectivity index (χ1v) is 9.30. The van der Waals surface area contributed by atoms with Gasteiger partial charge in [-0.1, -0.05) is 29.3 Å². The highest BCUT2D eigenvalue weighted by Crippen LogP contribution is 2.49. The van der Waals surface area contributed by atoms with Crippen LogP contribution in [0.1, 0.15) is 46.3 Å². The lowest BCUT2D eigenvalue weighted by Crippen LogP contribution is -2.28. The van der Waals surface area contributed by atoms with Crippen LogP contribution in [0, 0.1) is 13.8 Å². The molecular weight excluding hydrogens is 356 g/mol. The number of carboxylic acids is 1. The highest BCUT2D eigenvalue weighted by atomic mass is 16.4. The van der Waals surface area contributed by atoms with Crippen LogP contribution in [0.4, 0.5) is 5.69 Å². The second kappa shape index (κ2) is 7.84.